The molecule has 0 saturated carbocycles. The van der Waals surface area contributed by atoms with Crippen molar-refractivity contribution in [3.8, 4) is 11.5 Å². The average molecular weight is 355 g/mol. The molecule has 5 nitrogen and oxygen atoms in total. The maximum absolute atomic E-state index is 11.8. The molecule has 1 saturated heterocycles. The number of carboxylic acids is 1. The first-order valence-electron chi connectivity index (χ1n) is 9.00. The van der Waals surface area contributed by atoms with Crippen molar-refractivity contribution in [2.45, 2.75) is 31.8 Å². The third kappa shape index (κ3) is 3.68. The Hall–Kier alpha value is -2.53. The second-order valence-electron chi connectivity index (χ2n) is 6.38. The molecule has 5 heteroatoms. The molecule has 2 unspecified atom stereocenters. The van der Waals surface area contributed by atoms with Gasteiger partial charge in [0.25, 0.3) is 0 Å². The first kappa shape index (κ1) is 18.3. The minimum Gasteiger partial charge on any atom is -0.496 e. The van der Waals surface area contributed by atoms with Gasteiger partial charge in [-0.25, -0.2) is 0 Å². The van der Waals surface area contributed by atoms with Gasteiger partial charge in [0.2, 0.25) is 0 Å². The first-order valence-corrected chi connectivity index (χ1v) is 9.00. The summed E-state index contributed by atoms with van der Waals surface area (Å²) in [6.07, 6.45) is 1.54. The van der Waals surface area contributed by atoms with Crippen LogP contribution in [0.2, 0.25) is 0 Å². The van der Waals surface area contributed by atoms with Crippen molar-refractivity contribution in [2.24, 2.45) is 0 Å². The fraction of sp³-hybridized carbons (Fsp3) is 0.381. The summed E-state index contributed by atoms with van der Waals surface area (Å²) in [5.41, 5.74) is 2.01. The number of likely N-dealkylation sites (tertiary alicyclic amines) is 1. The Morgan fingerprint density at radius 3 is 2.62 bits per heavy atom. The first-order chi connectivity index (χ1) is 12.7. The van der Waals surface area contributed by atoms with E-state index in [0.717, 1.165) is 35.6 Å². The standard InChI is InChI=1S/C21H25NO4/c1-3-26-16-12-10-15(11-13-16)20(17-7-4-5-9-19(17)25-2)22-14-6-8-18(22)21(23)24/h4-5,7,9-13,18,20H,3,6,8,14H2,1-2H3,(H,23,24). The molecular weight excluding hydrogens is 330 g/mol. The maximum atomic E-state index is 11.8. The highest BCUT2D eigenvalue weighted by molar-refractivity contribution is 5.74. The lowest BCUT2D eigenvalue weighted by Gasteiger charge is -2.32. The SMILES string of the molecule is CCOc1ccc(C(c2ccccc2OC)N2CCCC2C(=O)O)cc1. The van der Waals surface area contributed by atoms with Crippen LogP contribution in [0.25, 0.3) is 0 Å². The summed E-state index contributed by atoms with van der Waals surface area (Å²) in [7, 11) is 1.65. The normalized spacial score (nSPS) is 18.5. The predicted molar refractivity (Wildman–Crippen MR) is 99.8 cm³/mol. The number of carbonyl (C=O) groups is 1. The van der Waals surface area contributed by atoms with Crippen LogP contribution in [0.1, 0.15) is 36.9 Å². The molecule has 0 aromatic heterocycles. The maximum Gasteiger partial charge on any atom is 0.320 e. The zero-order valence-corrected chi connectivity index (χ0v) is 15.2. The van der Waals surface area contributed by atoms with Crippen LogP contribution < -0.4 is 9.47 Å². The van der Waals surface area contributed by atoms with E-state index in [9.17, 15) is 9.90 Å². The third-order valence-electron chi connectivity index (χ3n) is 4.85. The highest BCUT2D eigenvalue weighted by Crippen LogP contribution is 2.39. The number of methoxy groups -OCH3 is 1. The molecular formula is C21H25NO4. The molecule has 3 rings (SSSR count). The summed E-state index contributed by atoms with van der Waals surface area (Å²) in [6.45, 7) is 3.31. The van der Waals surface area contributed by atoms with E-state index < -0.39 is 12.0 Å². The fourth-order valence-corrected chi connectivity index (χ4v) is 3.72. The van der Waals surface area contributed by atoms with Crippen LogP contribution in [-0.2, 0) is 4.79 Å². The van der Waals surface area contributed by atoms with Crippen LogP contribution in [0.4, 0.5) is 0 Å². The summed E-state index contributed by atoms with van der Waals surface area (Å²) in [5.74, 6) is 0.807. The van der Waals surface area contributed by atoms with Crippen molar-refractivity contribution in [1.82, 2.24) is 4.90 Å². The zero-order valence-electron chi connectivity index (χ0n) is 15.2. The number of para-hydroxylation sites is 1. The van der Waals surface area contributed by atoms with E-state index in [0.29, 0.717) is 13.0 Å². The van der Waals surface area contributed by atoms with Crippen LogP contribution >= 0.6 is 0 Å². The molecule has 1 aliphatic rings. The predicted octanol–water partition coefficient (Wildman–Crippen LogP) is 3.73. The molecule has 2 atom stereocenters. The zero-order chi connectivity index (χ0) is 18.5. The summed E-state index contributed by atoms with van der Waals surface area (Å²) >= 11 is 0. The number of rotatable bonds is 7. The summed E-state index contributed by atoms with van der Waals surface area (Å²) in [6, 6.07) is 15.1. The molecule has 2 aromatic rings. The topological polar surface area (TPSA) is 59.0 Å². The van der Waals surface area contributed by atoms with Crippen molar-refractivity contribution in [3.63, 3.8) is 0 Å². The molecule has 0 bridgehead atoms. The molecule has 26 heavy (non-hydrogen) atoms. The van der Waals surface area contributed by atoms with E-state index >= 15 is 0 Å². The molecule has 138 valence electrons. The lowest BCUT2D eigenvalue weighted by atomic mass is 9.95. The second-order valence-corrected chi connectivity index (χ2v) is 6.38. The van der Waals surface area contributed by atoms with Gasteiger partial charge in [-0.1, -0.05) is 30.3 Å². The van der Waals surface area contributed by atoms with Crippen LogP contribution in [0.5, 0.6) is 11.5 Å². The number of carboxylic acid groups (broad SMARTS) is 1. The quantitative estimate of drug-likeness (QED) is 0.820. The number of ether oxygens (including phenoxy) is 2. The van der Waals surface area contributed by atoms with Gasteiger partial charge in [-0.2, -0.15) is 0 Å². The minimum absolute atomic E-state index is 0.176. The summed E-state index contributed by atoms with van der Waals surface area (Å²) < 4.78 is 11.1. The fourth-order valence-electron chi connectivity index (χ4n) is 3.72. The van der Waals surface area contributed by atoms with Gasteiger partial charge >= 0.3 is 5.97 Å². The molecule has 0 radical (unpaired) electrons. The number of benzene rings is 2. The molecule has 0 amide bonds. The Balaban J connectivity index is 2.05. The van der Waals surface area contributed by atoms with E-state index in [4.69, 9.17) is 9.47 Å². The average Bonchev–Trinajstić information content (AvgIpc) is 3.14. The van der Waals surface area contributed by atoms with Gasteiger partial charge in [0, 0.05) is 12.1 Å². The number of hydrogen-bond donors (Lipinski definition) is 1. The van der Waals surface area contributed by atoms with Crippen molar-refractivity contribution < 1.29 is 19.4 Å². The molecule has 1 fully saturated rings. The third-order valence-corrected chi connectivity index (χ3v) is 4.85. The highest BCUT2D eigenvalue weighted by Gasteiger charge is 2.37. The van der Waals surface area contributed by atoms with Gasteiger partial charge in [0.05, 0.1) is 19.8 Å². The van der Waals surface area contributed by atoms with Gasteiger partial charge in [-0.15, -0.1) is 0 Å². The largest absolute Gasteiger partial charge is 0.496 e. The smallest absolute Gasteiger partial charge is 0.320 e. The number of hydrogen-bond acceptors (Lipinski definition) is 4. The molecule has 1 aliphatic heterocycles. The van der Waals surface area contributed by atoms with E-state index in [1.54, 1.807) is 7.11 Å². The van der Waals surface area contributed by atoms with Crippen LogP contribution in [0.3, 0.4) is 0 Å². The number of nitrogens with zero attached hydrogens (tertiary/aromatic N) is 1. The molecule has 1 heterocycles. The Bertz CT molecular complexity index is 744. The highest BCUT2D eigenvalue weighted by atomic mass is 16.5. The Kier molecular flexibility index (Phi) is 5.78. The molecule has 0 spiro atoms. The van der Waals surface area contributed by atoms with Crippen LogP contribution in [-0.4, -0.2) is 42.3 Å². The van der Waals surface area contributed by atoms with Crippen LogP contribution in [0, 0.1) is 0 Å². The summed E-state index contributed by atoms with van der Waals surface area (Å²) in [4.78, 5) is 13.8. The Morgan fingerprint density at radius 1 is 1.23 bits per heavy atom. The molecule has 1 N–H and O–H groups in total. The minimum atomic E-state index is -0.770. The van der Waals surface area contributed by atoms with Crippen LogP contribution in [0.15, 0.2) is 48.5 Å². The molecule has 2 aromatic carbocycles. The van der Waals surface area contributed by atoms with E-state index in [1.165, 1.54) is 0 Å². The van der Waals surface area contributed by atoms with Crippen molar-refractivity contribution in [3.05, 3.63) is 59.7 Å². The van der Waals surface area contributed by atoms with Gasteiger partial charge in [0.15, 0.2) is 0 Å². The van der Waals surface area contributed by atoms with Gasteiger partial charge < -0.3 is 14.6 Å². The number of aliphatic carboxylic acids is 1. The van der Waals surface area contributed by atoms with Crippen molar-refractivity contribution in [2.75, 3.05) is 20.3 Å². The second kappa shape index (κ2) is 8.23. The Morgan fingerprint density at radius 2 is 1.96 bits per heavy atom. The van der Waals surface area contributed by atoms with E-state index in [2.05, 4.69) is 4.90 Å². The lowest BCUT2D eigenvalue weighted by Crippen LogP contribution is -2.39. The van der Waals surface area contributed by atoms with Crippen molar-refractivity contribution >= 4 is 5.97 Å². The van der Waals surface area contributed by atoms with Gasteiger partial charge in [-0.05, 0) is 43.5 Å². The molecule has 0 aliphatic carbocycles. The Labute approximate surface area is 154 Å². The van der Waals surface area contributed by atoms with Crippen molar-refractivity contribution in [1.29, 1.82) is 0 Å². The monoisotopic (exact) mass is 355 g/mol. The summed E-state index contributed by atoms with van der Waals surface area (Å²) in [5, 5.41) is 9.67. The van der Waals surface area contributed by atoms with E-state index in [1.807, 2.05) is 55.5 Å². The van der Waals surface area contributed by atoms with Gasteiger partial charge in [0.1, 0.15) is 17.5 Å². The lowest BCUT2D eigenvalue weighted by molar-refractivity contribution is -0.142. The van der Waals surface area contributed by atoms with Gasteiger partial charge in [-0.3, -0.25) is 9.69 Å². The van der Waals surface area contributed by atoms with E-state index in [-0.39, 0.29) is 6.04 Å².